The molecule has 0 fully saturated rings. The fourth-order valence-electron chi connectivity index (χ4n) is 2.73. The summed E-state index contributed by atoms with van der Waals surface area (Å²) in [6, 6.07) is 12.1. The lowest BCUT2D eigenvalue weighted by Gasteiger charge is -2.08. The van der Waals surface area contributed by atoms with Crippen LogP contribution in [-0.4, -0.2) is 30.3 Å². The van der Waals surface area contributed by atoms with Gasteiger partial charge >= 0.3 is 0 Å². The van der Waals surface area contributed by atoms with Gasteiger partial charge in [0.1, 0.15) is 5.75 Å². The molecule has 0 saturated heterocycles. The molecule has 29 heavy (non-hydrogen) atoms. The first-order valence-corrected chi connectivity index (χ1v) is 11.1. The predicted molar refractivity (Wildman–Crippen MR) is 123 cm³/mol. The fraction of sp³-hybridized carbons (Fsp3) is 0.333. The Morgan fingerprint density at radius 1 is 1.24 bits per heavy atom. The van der Waals surface area contributed by atoms with Gasteiger partial charge in [-0.1, -0.05) is 43.7 Å². The second kappa shape index (κ2) is 13.6. The maximum atomic E-state index is 12.0. The first-order valence-electron chi connectivity index (χ1n) is 9.99. The van der Waals surface area contributed by atoms with Crippen LogP contribution in [0.5, 0.6) is 5.75 Å². The molecule has 0 aliphatic carbocycles. The van der Waals surface area contributed by atoms with E-state index in [0.717, 1.165) is 42.1 Å². The van der Waals surface area contributed by atoms with Crippen LogP contribution in [0.3, 0.4) is 0 Å². The second-order valence-electron chi connectivity index (χ2n) is 6.59. The van der Waals surface area contributed by atoms with Gasteiger partial charge < -0.3 is 10.1 Å². The molecule has 4 nitrogen and oxygen atoms in total. The van der Waals surface area contributed by atoms with Gasteiger partial charge in [0.2, 0.25) is 5.91 Å². The molecule has 0 atom stereocenters. The summed E-state index contributed by atoms with van der Waals surface area (Å²) in [5, 5.41) is 2.93. The highest BCUT2D eigenvalue weighted by atomic mass is 32.2. The van der Waals surface area contributed by atoms with Crippen LogP contribution in [0.25, 0.3) is 5.57 Å². The van der Waals surface area contributed by atoms with Crippen molar-refractivity contribution in [3.63, 3.8) is 0 Å². The highest BCUT2D eigenvalue weighted by molar-refractivity contribution is 7.98. The maximum absolute atomic E-state index is 12.0. The normalized spacial score (nSPS) is 11.6. The summed E-state index contributed by atoms with van der Waals surface area (Å²) in [5.41, 5.74) is 3.59. The topological polar surface area (TPSA) is 51.2 Å². The SMILES string of the molecule is CCCCC(=CC=CC(=O)NCCSCc1cccnc1)c1ccc(OC)cc1. The minimum Gasteiger partial charge on any atom is -0.497 e. The molecule has 0 radical (unpaired) electrons. The summed E-state index contributed by atoms with van der Waals surface area (Å²) in [6.07, 6.45) is 12.4. The van der Waals surface area contributed by atoms with Crippen LogP contribution in [0.15, 0.2) is 67.0 Å². The molecule has 2 aromatic rings. The number of pyridine rings is 1. The molecule has 5 heteroatoms. The van der Waals surface area contributed by atoms with Gasteiger partial charge in [-0.3, -0.25) is 9.78 Å². The quantitative estimate of drug-likeness (QED) is 0.294. The lowest BCUT2D eigenvalue weighted by atomic mass is 9.99. The Morgan fingerprint density at radius 3 is 2.76 bits per heavy atom. The van der Waals surface area contributed by atoms with Gasteiger partial charge in [-0.25, -0.2) is 0 Å². The average Bonchev–Trinajstić information content (AvgIpc) is 2.76. The molecule has 154 valence electrons. The molecule has 0 aliphatic heterocycles. The Kier molecular flexibility index (Phi) is 10.7. The van der Waals surface area contributed by atoms with Crippen LogP contribution < -0.4 is 10.1 Å². The van der Waals surface area contributed by atoms with Crippen LogP contribution in [0, 0.1) is 0 Å². The summed E-state index contributed by atoms with van der Waals surface area (Å²) in [5.74, 6) is 2.57. The molecule has 1 N–H and O–H groups in total. The van der Waals surface area contributed by atoms with Gasteiger partial charge in [-0.15, -0.1) is 0 Å². The van der Waals surface area contributed by atoms with Crippen molar-refractivity contribution in [3.8, 4) is 5.75 Å². The van der Waals surface area contributed by atoms with E-state index >= 15 is 0 Å². The zero-order valence-electron chi connectivity index (χ0n) is 17.3. The zero-order valence-corrected chi connectivity index (χ0v) is 18.1. The number of hydrogen-bond donors (Lipinski definition) is 1. The zero-order chi connectivity index (χ0) is 20.7. The molecular weight excluding hydrogens is 380 g/mol. The number of nitrogens with one attached hydrogen (secondary N) is 1. The molecule has 0 unspecified atom stereocenters. The molecule has 1 heterocycles. The third kappa shape index (κ3) is 9.01. The highest BCUT2D eigenvalue weighted by Crippen LogP contribution is 2.23. The number of thioether (sulfide) groups is 1. The summed E-state index contributed by atoms with van der Waals surface area (Å²) in [4.78, 5) is 16.1. The Labute approximate surface area is 178 Å². The third-order valence-electron chi connectivity index (χ3n) is 4.34. The number of carbonyl (C=O) groups is 1. The number of benzene rings is 1. The molecule has 0 saturated carbocycles. The Hall–Kier alpha value is -2.53. The minimum absolute atomic E-state index is 0.0622. The number of ether oxygens (including phenoxy) is 1. The van der Waals surface area contributed by atoms with Crippen LogP contribution in [0.1, 0.15) is 37.3 Å². The standard InChI is InChI=1S/C24H30N2O2S/c1-3-4-8-21(22-11-13-23(28-2)14-12-22)9-5-10-24(27)26-16-17-29-19-20-7-6-15-25-18-20/h5-7,9-15,18H,3-4,8,16-17,19H2,1-2H3,(H,26,27). The van der Waals surface area contributed by atoms with E-state index in [-0.39, 0.29) is 5.91 Å². The van der Waals surface area contributed by atoms with E-state index in [4.69, 9.17) is 4.74 Å². The number of nitrogens with zero attached hydrogens (tertiary/aromatic N) is 1. The largest absolute Gasteiger partial charge is 0.497 e. The van der Waals surface area contributed by atoms with Crippen LogP contribution >= 0.6 is 11.8 Å². The number of amides is 1. The molecule has 2 rings (SSSR count). The lowest BCUT2D eigenvalue weighted by molar-refractivity contribution is -0.116. The number of hydrogen-bond acceptors (Lipinski definition) is 4. The average molecular weight is 411 g/mol. The molecule has 0 aliphatic rings. The predicted octanol–water partition coefficient (Wildman–Crippen LogP) is 5.27. The van der Waals surface area contributed by atoms with E-state index in [2.05, 4.69) is 35.4 Å². The number of aromatic nitrogens is 1. The van der Waals surface area contributed by atoms with E-state index in [1.165, 1.54) is 11.1 Å². The Morgan fingerprint density at radius 2 is 2.07 bits per heavy atom. The summed E-state index contributed by atoms with van der Waals surface area (Å²) < 4.78 is 5.23. The number of allylic oxidation sites excluding steroid dienone is 3. The molecule has 1 amide bonds. The van der Waals surface area contributed by atoms with E-state index in [1.807, 2.05) is 36.5 Å². The van der Waals surface area contributed by atoms with Crippen molar-refractivity contribution in [1.29, 1.82) is 0 Å². The number of methoxy groups -OCH3 is 1. The maximum Gasteiger partial charge on any atom is 0.244 e. The molecular formula is C24H30N2O2S. The Bertz CT molecular complexity index is 786. The van der Waals surface area contributed by atoms with E-state index < -0.39 is 0 Å². The molecule has 1 aromatic heterocycles. The number of unbranched alkanes of at least 4 members (excludes halogenated alkanes) is 1. The van der Waals surface area contributed by atoms with Crippen LogP contribution in [0.4, 0.5) is 0 Å². The summed E-state index contributed by atoms with van der Waals surface area (Å²) in [6.45, 7) is 2.83. The molecule has 0 bridgehead atoms. The van der Waals surface area contributed by atoms with Gasteiger partial charge in [0.05, 0.1) is 7.11 Å². The van der Waals surface area contributed by atoms with Crippen molar-refractivity contribution in [1.82, 2.24) is 10.3 Å². The van der Waals surface area contributed by atoms with Gasteiger partial charge in [0.25, 0.3) is 0 Å². The van der Waals surface area contributed by atoms with Crippen molar-refractivity contribution >= 4 is 23.2 Å². The van der Waals surface area contributed by atoms with Gasteiger partial charge in [-0.2, -0.15) is 11.8 Å². The van der Waals surface area contributed by atoms with E-state index in [1.54, 1.807) is 31.1 Å². The monoisotopic (exact) mass is 410 g/mol. The van der Waals surface area contributed by atoms with Gasteiger partial charge in [0.15, 0.2) is 0 Å². The van der Waals surface area contributed by atoms with Gasteiger partial charge in [-0.05, 0) is 47.7 Å². The molecule has 1 aromatic carbocycles. The van der Waals surface area contributed by atoms with Crippen molar-refractivity contribution in [3.05, 3.63) is 78.1 Å². The lowest BCUT2D eigenvalue weighted by Crippen LogP contribution is -2.23. The summed E-state index contributed by atoms with van der Waals surface area (Å²) in [7, 11) is 1.67. The second-order valence-corrected chi connectivity index (χ2v) is 7.69. The van der Waals surface area contributed by atoms with Crippen LogP contribution in [0.2, 0.25) is 0 Å². The van der Waals surface area contributed by atoms with E-state index in [9.17, 15) is 4.79 Å². The molecule has 0 spiro atoms. The van der Waals surface area contributed by atoms with Crippen molar-refractivity contribution < 1.29 is 9.53 Å². The minimum atomic E-state index is -0.0622. The Balaban J connectivity index is 1.79. The summed E-state index contributed by atoms with van der Waals surface area (Å²) >= 11 is 1.79. The van der Waals surface area contributed by atoms with E-state index in [0.29, 0.717) is 6.54 Å². The van der Waals surface area contributed by atoms with Crippen LogP contribution in [-0.2, 0) is 10.5 Å². The highest BCUT2D eigenvalue weighted by Gasteiger charge is 2.02. The van der Waals surface area contributed by atoms with Crippen molar-refractivity contribution in [2.24, 2.45) is 0 Å². The smallest absolute Gasteiger partial charge is 0.244 e. The third-order valence-corrected chi connectivity index (χ3v) is 5.37. The van der Waals surface area contributed by atoms with Crippen molar-refractivity contribution in [2.75, 3.05) is 19.4 Å². The first kappa shape index (κ1) is 22.8. The van der Waals surface area contributed by atoms with Crippen molar-refractivity contribution in [2.45, 2.75) is 31.9 Å². The number of carbonyl (C=O) groups excluding carboxylic acids is 1. The van der Waals surface area contributed by atoms with Gasteiger partial charge in [0, 0.05) is 36.5 Å². The number of rotatable bonds is 12. The first-order chi connectivity index (χ1) is 14.2. The fourth-order valence-corrected chi connectivity index (χ4v) is 3.52.